The Balaban J connectivity index is 4.23. The van der Waals surface area contributed by atoms with Gasteiger partial charge in [-0.25, -0.2) is 0 Å². The van der Waals surface area contributed by atoms with Crippen molar-refractivity contribution in [1.82, 2.24) is 0 Å². The van der Waals surface area contributed by atoms with Gasteiger partial charge in [-0.1, -0.05) is 37.5 Å². The largest absolute Gasteiger partial charge is 0.262 e. The summed E-state index contributed by atoms with van der Waals surface area (Å²) in [5.74, 6) is 0. The minimum absolute atomic E-state index is 0.690. The molecule has 0 aromatic rings. The average molecular weight is 161 g/mol. The molecule has 0 N–H and O–H groups in total. The van der Waals surface area contributed by atoms with Crippen LogP contribution in [0.1, 0.15) is 13.8 Å². The van der Waals surface area contributed by atoms with Crippen molar-refractivity contribution >= 4 is 6.21 Å². The first-order chi connectivity index (χ1) is 5.57. The summed E-state index contributed by atoms with van der Waals surface area (Å²) in [6.45, 7) is 15.1. The van der Waals surface area contributed by atoms with E-state index in [-0.39, 0.29) is 0 Å². The first kappa shape index (κ1) is 10.6. The number of hydrogen-bond donors (Lipinski definition) is 0. The minimum Gasteiger partial charge on any atom is -0.262 e. The van der Waals surface area contributed by atoms with Gasteiger partial charge in [0, 0.05) is 6.21 Å². The van der Waals surface area contributed by atoms with Gasteiger partial charge in [0.2, 0.25) is 0 Å². The third-order valence-corrected chi connectivity index (χ3v) is 1.22. The molecule has 0 amide bonds. The van der Waals surface area contributed by atoms with E-state index in [0.29, 0.717) is 5.70 Å². The smallest absolute Gasteiger partial charge is 0.0620 e. The summed E-state index contributed by atoms with van der Waals surface area (Å²) >= 11 is 0. The molecule has 0 aromatic carbocycles. The van der Waals surface area contributed by atoms with Crippen LogP contribution in [0.2, 0.25) is 0 Å². The van der Waals surface area contributed by atoms with Crippen molar-refractivity contribution in [3.63, 3.8) is 0 Å². The van der Waals surface area contributed by atoms with Gasteiger partial charge >= 0.3 is 0 Å². The van der Waals surface area contributed by atoms with Gasteiger partial charge in [0.05, 0.1) is 5.70 Å². The van der Waals surface area contributed by atoms with E-state index < -0.39 is 0 Å². The summed E-state index contributed by atoms with van der Waals surface area (Å²) in [6.07, 6.45) is 5.44. The molecule has 0 bridgehead atoms. The summed E-state index contributed by atoms with van der Waals surface area (Å²) in [5.41, 5.74) is 2.50. The van der Waals surface area contributed by atoms with E-state index in [0.717, 1.165) is 11.1 Å². The molecular weight excluding hydrogens is 146 g/mol. The Bertz CT molecular complexity index is 254. The Labute approximate surface area is 74.5 Å². The summed E-state index contributed by atoms with van der Waals surface area (Å²) < 4.78 is 0. The average Bonchev–Trinajstić information content (AvgIpc) is 2.00. The maximum atomic E-state index is 4.00. The van der Waals surface area contributed by atoms with Crippen LogP contribution in [0.4, 0.5) is 0 Å². The first-order valence-corrected chi connectivity index (χ1v) is 3.78. The van der Waals surface area contributed by atoms with Gasteiger partial charge in [0.25, 0.3) is 0 Å². The van der Waals surface area contributed by atoms with Crippen LogP contribution in [0.3, 0.4) is 0 Å². The summed E-state index contributed by atoms with van der Waals surface area (Å²) in [5, 5.41) is 0. The predicted octanol–water partition coefficient (Wildman–Crippen LogP) is 3.28. The van der Waals surface area contributed by atoms with Crippen LogP contribution in [-0.4, -0.2) is 6.21 Å². The summed E-state index contributed by atoms with van der Waals surface area (Å²) in [6, 6.07) is 0. The maximum Gasteiger partial charge on any atom is 0.0620 e. The van der Waals surface area contributed by atoms with Crippen molar-refractivity contribution in [1.29, 1.82) is 0 Å². The molecule has 0 unspecified atom stereocenters. The molecule has 0 radical (unpaired) electrons. The third-order valence-electron chi connectivity index (χ3n) is 1.22. The third kappa shape index (κ3) is 4.45. The van der Waals surface area contributed by atoms with Crippen molar-refractivity contribution < 1.29 is 0 Å². The monoisotopic (exact) mass is 161 g/mol. The Morgan fingerprint density at radius 2 is 1.75 bits per heavy atom. The van der Waals surface area contributed by atoms with Crippen molar-refractivity contribution in [2.24, 2.45) is 4.99 Å². The molecule has 0 saturated carbocycles. The van der Waals surface area contributed by atoms with Crippen LogP contribution < -0.4 is 0 Å². The molecule has 1 nitrogen and oxygen atoms in total. The van der Waals surface area contributed by atoms with E-state index in [9.17, 15) is 0 Å². The number of rotatable bonds is 4. The van der Waals surface area contributed by atoms with Gasteiger partial charge in [0.1, 0.15) is 0 Å². The highest BCUT2D eigenvalue weighted by Gasteiger charge is 1.90. The molecule has 0 fully saturated rings. The van der Waals surface area contributed by atoms with Crippen molar-refractivity contribution in [3.05, 3.63) is 48.7 Å². The fraction of sp³-hybridized carbons (Fsp3) is 0.182. The van der Waals surface area contributed by atoms with Crippen molar-refractivity contribution in [3.8, 4) is 0 Å². The molecule has 64 valence electrons. The molecule has 1 heteroatoms. The summed E-state index contributed by atoms with van der Waals surface area (Å²) in [7, 11) is 0. The highest BCUT2D eigenvalue weighted by atomic mass is 14.7. The van der Waals surface area contributed by atoms with Crippen LogP contribution in [0.15, 0.2) is 53.7 Å². The maximum absolute atomic E-state index is 4.00. The lowest BCUT2D eigenvalue weighted by molar-refractivity contribution is 1.38. The Kier molecular flexibility index (Phi) is 4.70. The lowest BCUT2D eigenvalue weighted by atomic mass is 10.2. The van der Waals surface area contributed by atoms with Crippen LogP contribution >= 0.6 is 0 Å². The second-order valence-electron chi connectivity index (χ2n) is 2.54. The molecule has 0 spiro atoms. The van der Waals surface area contributed by atoms with Gasteiger partial charge in [0.15, 0.2) is 0 Å². The zero-order valence-corrected chi connectivity index (χ0v) is 7.80. The highest BCUT2D eigenvalue weighted by Crippen LogP contribution is 2.08. The number of allylic oxidation sites excluding steroid dienone is 3. The fourth-order valence-corrected chi connectivity index (χ4v) is 0.578. The predicted molar refractivity (Wildman–Crippen MR) is 56.4 cm³/mol. The normalized spacial score (nSPS) is 10.8. The quantitative estimate of drug-likeness (QED) is 0.443. The Morgan fingerprint density at radius 1 is 1.17 bits per heavy atom. The van der Waals surface area contributed by atoms with E-state index in [2.05, 4.69) is 24.7 Å². The van der Waals surface area contributed by atoms with Gasteiger partial charge in [-0.3, -0.25) is 4.99 Å². The highest BCUT2D eigenvalue weighted by molar-refractivity contribution is 5.57. The van der Waals surface area contributed by atoms with Gasteiger partial charge < -0.3 is 0 Å². The SMILES string of the molecule is C=C(C)/C=C\C(=C)C(=C)N=CC. The second kappa shape index (κ2) is 5.30. The zero-order valence-electron chi connectivity index (χ0n) is 7.80. The zero-order chi connectivity index (χ0) is 9.56. The molecule has 0 heterocycles. The number of nitrogens with zero attached hydrogens (tertiary/aromatic N) is 1. The number of hydrogen-bond acceptors (Lipinski definition) is 1. The topological polar surface area (TPSA) is 12.4 Å². The Morgan fingerprint density at radius 3 is 2.17 bits per heavy atom. The van der Waals surface area contributed by atoms with Crippen LogP contribution in [0, 0.1) is 0 Å². The lowest BCUT2D eigenvalue weighted by Gasteiger charge is -1.96. The van der Waals surface area contributed by atoms with E-state index in [4.69, 9.17) is 0 Å². The molecular formula is C11H15N. The van der Waals surface area contributed by atoms with Crippen LogP contribution in [-0.2, 0) is 0 Å². The second-order valence-corrected chi connectivity index (χ2v) is 2.54. The van der Waals surface area contributed by atoms with E-state index in [1.807, 2.05) is 26.0 Å². The molecule has 0 aliphatic carbocycles. The van der Waals surface area contributed by atoms with Crippen LogP contribution in [0.25, 0.3) is 0 Å². The molecule has 0 aromatic heterocycles. The molecule has 12 heavy (non-hydrogen) atoms. The minimum atomic E-state index is 0.690. The van der Waals surface area contributed by atoms with Crippen molar-refractivity contribution in [2.75, 3.05) is 0 Å². The van der Waals surface area contributed by atoms with E-state index >= 15 is 0 Å². The fourth-order valence-electron chi connectivity index (χ4n) is 0.578. The summed E-state index contributed by atoms with van der Waals surface area (Å²) in [4.78, 5) is 4.00. The first-order valence-electron chi connectivity index (χ1n) is 3.78. The molecule has 0 aliphatic rings. The molecule has 0 rings (SSSR count). The Hall–Kier alpha value is -1.37. The van der Waals surface area contributed by atoms with Crippen molar-refractivity contribution in [2.45, 2.75) is 13.8 Å². The van der Waals surface area contributed by atoms with E-state index in [1.165, 1.54) is 0 Å². The van der Waals surface area contributed by atoms with Gasteiger partial charge in [-0.05, 0) is 19.4 Å². The van der Waals surface area contributed by atoms with Gasteiger partial charge in [-0.2, -0.15) is 0 Å². The van der Waals surface area contributed by atoms with E-state index in [1.54, 1.807) is 6.21 Å². The molecule has 0 saturated heterocycles. The van der Waals surface area contributed by atoms with Gasteiger partial charge in [-0.15, -0.1) is 0 Å². The molecule has 0 aliphatic heterocycles. The number of aliphatic imine (C=N–C) groups is 1. The molecule has 0 atom stereocenters. The lowest BCUT2D eigenvalue weighted by Crippen LogP contribution is -1.78. The van der Waals surface area contributed by atoms with Crippen LogP contribution in [0.5, 0.6) is 0 Å². The standard InChI is InChI=1S/C11H15N/c1-6-12-11(5)10(4)8-7-9(2)3/h6-8H,2,4-5H2,1,3H3/b8-7-,12-6?.